The average molecular weight is 398 g/mol. The Labute approximate surface area is 170 Å². The van der Waals surface area contributed by atoms with E-state index in [1.165, 1.54) is 0 Å². The molecule has 2 amide bonds. The van der Waals surface area contributed by atoms with E-state index >= 15 is 0 Å². The number of hydrogen-bond donors (Lipinski definition) is 2. The standard InChI is InChI=1S/C20H26N6O3/c1-13-18(14(2)22-19(21-13)26-8-6-25(3)7-9-26)24-20(27)23-15-4-5-16-17(12-15)29-11-10-28-16/h4-5,12H,6-11H2,1-3H3,(H2,23,24,27). The SMILES string of the molecule is Cc1nc(N2CCN(C)CC2)nc(C)c1NC(=O)Nc1ccc2c(c1)OCCO2. The number of carbonyl (C=O) groups excluding carboxylic acids is 1. The molecule has 0 radical (unpaired) electrons. The fourth-order valence-electron chi connectivity index (χ4n) is 3.42. The van der Waals surface area contributed by atoms with Crippen LogP contribution in [0.1, 0.15) is 11.4 Å². The molecule has 9 heteroatoms. The van der Waals surface area contributed by atoms with E-state index in [4.69, 9.17) is 9.47 Å². The number of carbonyl (C=O) groups is 1. The van der Waals surface area contributed by atoms with Crippen molar-refractivity contribution in [3.8, 4) is 11.5 Å². The maximum absolute atomic E-state index is 12.5. The minimum absolute atomic E-state index is 0.358. The highest BCUT2D eigenvalue weighted by Gasteiger charge is 2.19. The molecule has 154 valence electrons. The van der Waals surface area contributed by atoms with Crippen LogP contribution in [0.25, 0.3) is 0 Å². The van der Waals surface area contributed by atoms with Crippen molar-refractivity contribution in [1.29, 1.82) is 0 Å². The number of ether oxygens (including phenoxy) is 2. The number of amides is 2. The largest absolute Gasteiger partial charge is 0.486 e. The van der Waals surface area contributed by atoms with Crippen molar-refractivity contribution < 1.29 is 14.3 Å². The monoisotopic (exact) mass is 398 g/mol. The molecule has 2 aliphatic heterocycles. The molecule has 0 saturated carbocycles. The van der Waals surface area contributed by atoms with Crippen LogP contribution in [0.4, 0.5) is 22.1 Å². The number of hydrogen-bond acceptors (Lipinski definition) is 7. The topological polar surface area (TPSA) is 91.9 Å². The maximum Gasteiger partial charge on any atom is 0.323 e. The minimum atomic E-state index is -0.358. The highest BCUT2D eigenvalue weighted by Crippen LogP contribution is 2.32. The van der Waals surface area contributed by atoms with Crippen LogP contribution in [0.5, 0.6) is 11.5 Å². The van der Waals surface area contributed by atoms with E-state index in [9.17, 15) is 4.79 Å². The van der Waals surface area contributed by atoms with Gasteiger partial charge in [-0.1, -0.05) is 0 Å². The van der Waals surface area contributed by atoms with Crippen molar-refractivity contribution in [3.05, 3.63) is 29.6 Å². The molecule has 1 aromatic heterocycles. The fraction of sp³-hybridized carbons (Fsp3) is 0.450. The van der Waals surface area contributed by atoms with Crippen molar-refractivity contribution in [2.75, 3.05) is 62.0 Å². The summed E-state index contributed by atoms with van der Waals surface area (Å²) in [5.41, 5.74) is 2.72. The van der Waals surface area contributed by atoms with Gasteiger partial charge in [0.15, 0.2) is 11.5 Å². The predicted molar refractivity (Wildman–Crippen MR) is 111 cm³/mol. The van der Waals surface area contributed by atoms with Crippen molar-refractivity contribution in [1.82, 2.24) is 14.9 Å². The molecule has 1 aromatic carbocycles. The number of aromatic nitrogens is 2. The number of nitrogens with one attached hydrogen (secondary N) is 2. The predicted octanol–water partition coefficient (Wildman–Crippen LogP) is 2.26. The van der Waals surface area contributed by atoms with Gasteiger partial charge in [0.25, 0.3) is 0 Å². The molecule has 2 N–H and O–H groups in total. The molecule has 2 aliphatic rings. The number of aryl methyl sites for hydroxylation is 2. The van der Waals surface area contributed by atoms with Gasteiger partial charge in [-0.2, -0.15) is 0 Å². The summed E-state index contributed by atoms with van der Waals surface area (Å²) in [4.78, 5) is 26.2. The Morgan fingerprint density at radius 2 is 1.62 bits per heavy atom. The van der Waals surface area contributed by atoms with Gasteiger partial charge >= 0.3 is 6.03 Å². The van der Waals surface area contributed by atoms with E-state index in [1.54, 1.807) is 18.2 Å². The summed E-state index contributed by atoms with van der Waals surface area (Å²) >= 11 is 0. The molecule has 2 aromatic rings. The second-order valence-electron chi connectivity index (χ2n) is 7.30. The number of benzene rings is 1. The quantitative estimate of drug-likeness (QED) is 0.819. The summed E-state index contributed by atoms with van der Waals surface area (Å²) in [5.74, 6) is 2.02. The van der Waals surface area contributed by atoms with Crippen LogP contribution in [0, 0.1) is 13.8 Å². The lowest BCUT2D eigenvalue weighted by Crippen LogP contribution is -2.45. The first-order valence-corrected chi connectivity index (χ1v) is 9.76. The molecular formula is C20H26N6O3. The normalized spacial score (nSPS) is 16.4. The number of nitrogens with zero attached hydrogens (tertiary/aromatic N) is 4. The molecule has 1 fully saturated rings. The summed E-state index contributed by atoms with van der Waals surface area (Å²) < 4.78 is 11.1. The van der Waals surface area contributed by atoms with Crippen molar-refractivity contribution in [2.45, 2.75) is 13.8 Å². The fourth-order valence-corrected chi connectivity index (χ4v) is 3.42. The van der Waals surface area contributed by atoms with Crippen molar-refractivity contribution in [2.24, 2.45) is 0 Å². The first-order valence-electron chi connectivity index (χ1n) is 9.76. The lowest BCUT2D eigenvalue weighted by atomic mass is 10.2. The Hall–Kier alpha value is -3.07. The molecule has 9 nitrogen and oxygen atoms in total. The van der Waals surface area contributed by atoms with E-state index in [1.807, 2.05) is 13.8 Å². The van der Waals surface area contributed by atoms with Gasteiger partial charge in [0.05, 0.1) is 17.1 Å². The number of fused-ring (bicyclic) bond motifs is 1. The first kappa shape index (κ1) is 19.3. The highest BCUT2D eigenvalue weighted by molar-refractivity contribution is 6.00. The maximum atomic E-state index is 12.5. The van der Waals surface area contributed by atoms with Crippen molar-refractivity contribution in [3.63, 3.8) is 0 Å². The number of likely N-dealkylation sites (N-methyl/N-ethyl adjacent to an activating group) is 1. The summed E-state index contributed by atoms with van der Waals surface area (Å²) in [6, 6.07) is 4.96. The summed E-state index contributed by atoms with van der Waals surface area (Å²) in [7, 11) is 2.11. The summed E-state index contributed by atoms with van der Waals surface area (Å²) in [6.45, 7) is 8.56. The second kappa shape index (κ2) is 8.12. The molecule has 29 heavy (non-hydrogen) atoms. The van der Waals surface area contributed by atoms with Crippen LogP contribution in [0.3, 0.4) is 0 Å². The summed E-state index contributed by atoms with van der Waals surface area (Å²) in [5, 5.41) is 5.69. The Kier molecular flexibility index (Phi) is 5.39. The third kappa shape index (κ3) is 4.34. The molecule has 0 atom stereocenters. The van der Waals surface area contributed by atoms with Gasteiger partial charge in [0.1, 0.15) is 13.2 Å². The molecular weight excluding hydrogens is 372 g/mol. The van der Waals surface area contributed by atoms with Gasteiger partial charge in [0.2, 0.25) is 5.95 Å². The first-order chi connectivity index (χ1) is 14.0. The van der Waals surface area contributed by atoms with Gasteiger partial charge in [0, 0.05) is 37.9 Å². The van der Waals surface area contributed by atoms with Gasteiger partial charge in [-0.3, -0.25) is 0 Å². The van der Waals surface area contributed by atoms with Gasteiger partial charge in [-0.15, -0.1) is 0 Å². The lowest BCUT2D eigenvalue weighted by Gasteiger charge is -2.32. The van der Waals surface area contributed by atoms with Gasteiger partial charge in [-0.25, -0.2) is 14.8 Å². The molecule has 0 spiro atoms. The van der Waals surface area contributed by atoms with Gasteiger partial charge < -0.3 is 29.9 Å². The van der Waals surface area contributed by atoms with Crippen LogP contribution in [0.2, 0.25) is 0 Å². The zero-order valence-electron chi connectivity index (χ0n) is 17.0. The van der Waals surface area contributed by atoms with E-state index in [0.717, 1.165) is 37.6 Å². The van der Waals surface area contributed by atoms with Crippen LogP contribution >= 0.6 is 0 Å². The summed E-state index contributed by atoms with van der Waals surface area (Å²) in [6.07, 6.45) is 0. The van der Waals surface area contributed by atoms with Crippen LogP contribution in [0.15, 0.2) is 18.2 Å². The Bertz CT molecular complexity index is 888. The second-order valence-corrected chi connectivity index (χ2v) is 7.30. The number of anilines is 3. The van der Waals surface area contributed by atoms with E-state index in [-0.39, 0.29) is 6.03 Å². The van der Waals surface area contributed by atoms with Gasteiger partial charge in [-0.05, 0) is 33.0 Å². The van der Waals surface area contributed by atoms with Crippen LogP contribution in [-0.4, -0.2) is 67.3 Å². The Morgan fingerprint density at radius 1 is 0.966 bits per heavy atom. The van der Waals surface area contributed by atoms with Crippen molar-refractivity contribution >= 4 is 23.4 Å². The minimum Gasteiger partial charge on any atom is -0.486 e. The molecule has 0 unspecified atom stereocenters. The molecule has 4 rings (SSSR count). The Morgan fingerprint density at radius 3 is 2.31 bits per heavy atom. The average Bonchev–Trinajstić information content (AvgIpc) is 2.71. The van der Waals surface area contributed by atoms with E-state index < -0.39 is 0 Å². The van der Waals surface area contributed by atoms with Crippen LogP contribution < -0.4 is 25.0 Å². The molecule has 3 heterocycles. The number of rotatable bonds is 3. The smallest absolute Gasteiger partial charge is 0.323 e. The van der Waals surface area contributed by atoms with Crippen LogP contribution in [-0.2, 0) is 0 Å². The molecule has 1 saturated heterocycles. The number of urea groups is 1. The van der Waals surface area contributed by atoms with E-state index in [0.29, 0.717) is 42.0 Å². The van der Waals surface area contributed by atoms with E-state index in [2.05, 4.69) is 37.4 Å². The lowest BCUT2D eigenvalue weighted by molar-refractivity contribution is 0.171. The Balaban J connectivity index is 1.44. The number of piperazine rings is 1. The third-order valence-electron chi connectivity index (χ3n) is 5.08. The highest BCUT2D eigenvalue weighted by atomic mass is 16.6. The molecule has 0 aliphatic carbocycles. The third-order valence-corrected chi connectivity index (χ3v) is 5.08. The zero-order chi connectivity index (χ0) is 20.4. The zero-order valence-corrected chi connectivity index (χ0v) is 17.0. The molecule has 0 bridgehead atoms.